The molecule has 4 heterocycles. The van der Waals surface area contributed by atoms with Gasteiger partial charge >= 0.3 is 6.03 Å². The van der Waals surface area contributed by atoms with E-state index in [1.54, 1.807) is 34.4 Å². The summed E-state index contributed by atoms with van der Waals surface area (Å²) in [6.07, 6.45) is 3.66. The van der Waals surface area contributed by atoms with Gasteiger partial charge in [-0.25, -0.2) is 9.69 Å². The lowest BCUT2D eigenvalue weighted by molar-refractivity contribution is -0.129. The molecule has 0 aromatic carbocycles. The molecule has 0 spiro atoms. The maximum Gasteiger partial charge on any atom is 0.325 e. The number of carbonyl (C=O) groups is 2. The minimum Gasteiger partial charge on any atom is -0.326 e. The Morgan fingerprint density at radius 3 is 2.92 bits per heavy atom. The molecule has 4 rings (SSSR count). The van der Waals surface area contributed by atoms with Crippen LogP contribution in [0.3, 0.4) is 0 Å². The third-order valence-electron chi connectivity index (χ3n) is 4.92. The van der Waals surface area contributed by atoms with Crippen molar-refractivity contribution >= 4 is 46.4 Å². The number of thioether (sulfide) groups is 1. The van der Waals surface area contributed by atoms with Gasteiger partial charge in [-0.2, -0.15) is 11.8 Å². The molecule has 0 radical (unpaired) electrons. The molecule has 8 heteroatoms. The molecule has 2 atom stereocenters. The fraction of sp³-hybridized carbons (Fsp3) is 0.444. The average molecular weight is 408 g/mol. The molecule has 0 aliphatic carbocycles. The number of imide groups is 1. The lowest BCUT2D eigenvalue weighted by Crippen LogP contribution is -2.46. The molecule has 2 aromatic rings. The quantitative estimate of drug-likeness (QED) is 0.746. The van der Waals surface area contributed by atoms with Crippen LogP contribution >= 0.6 is 34.4 Å². The highest BCUT2D eigenvalue weighted by atomic mass is 32.2. The minimum absolute atomic E-state index is 0.0925. The Hall–Kier alpha value is -1.35. The molecular weight excluding hydrogens is 386 g/mol. The largest absolute Gasteiger partial charge is 0.326 e. The number of amides is 3. The summed E-state index contributed by atoms with van der Waals surface area (Å²) in [4.78, 5) is 31.4. The number of thiophene rings is 2. The monoisotopic (exact) mass is 407 g/mol. The van der Waals surface area contributed by atoms with Gasteiger partial charge in [0.05, 0.1) is 12.7 Å². The Morgan fingerprint density at radius 2 is 2.15 bits per heavy atom. The molecule has 5 nitrogen and oxygen atoms in total. The molecule has 1 saturated heterocycles. The predicted molar refractivity (Wildman–Crippen MR) is 108 cm³/mol. The van der Waals surface area contributed by atoms with E-state index in [2.05, 4.69) is 39.2 Å². The summed E-state index contributed by atoms with van der Waals surface area (Å²) < 4.78 is 0. The van der Waals surface area contributed by atoms with Gasteiger partial charge in [-0.15, -0.1) is 22.7 Å². The third kappa shape index (κ3) is 3.31. The van der Waals surface area contributed by atoms with Crippen LogP contribution in [0.25, 0.3) is 0 Å². The smallest absolute Gasteiger partial charge is 0.325 e. The second-order valence-corrected chi connectivity index (χ2v) is 9.44. The molecule has 2 aliphatic heterocycles. The van der Waals surface area contributed by atoms with Crippen LogP contribution in [-0.2, 0) is 11.2 Å². The molecule has 0 saturated carbocycles. The molecule has 0 unspecified atom stereocenters. The van der Waals surface area contributed by atoms with E-state index in [0.717, 1.165) is 18.7 Å². The van der Waals surface area contributed by atoms with E-state index < -0.39 is 0 Å². The highest BCUT2D eigenvalue weighted by Crippen LogP contribution is 2.39. The van der Waals surface area contributed by atoms with Gasteiger partial charge in [0.25, 0.3) is 5.91 Å². The van der Waals surface area contributed by atoms with Crippen molar-refractivity contribution in [3.8, 4) is 0 Å². The van der Waals surface area contributed by atoms with Crippen molar-refractivity contribution in [2.75, 3.05) is 25.2 Å². The van der Waals surface area contributed by atoms with Crippen LogP contribution in [0.5, 0.6) is 0 Å². The van der Waals surface area contributed by atoms with Crippen molar-refractivity contribution in [2.24, 2.45) is 0 Å². The van der Waals surface area contributed by atoms with Gasteiger partial charge in [0.15, 0.2) is 0 Å². The van der Waals surface area contributed by atoms with E-state index in [1.165, 1.54) is 20.2 Å². The van der Waals surface area contributed by atoms with Crippen molar-refractivity contribution in [3.63, 3.8) is 0 Å². The van der Waals surface area contributed by atoms with Gasteiger partial charge in [-0.05, 0) is 53.3 Å². The molecule has 1 fully saturated rings. The molecule has 2 aromatic heterocycles. The van der Waals surface area contributed by atoms with Crippen LogP contribution in [0.2, 0.25) is 0 Å². The van der Waals surface area contributed by atoms with Gasteiger partial charge in [-0.3, -0.25) is 9.69 Å². The first-order valence-electron chi connectivity index (χ1n) is 8.63. The van der Waals surface area contributed by atoms with Crippen molar-refractivity contribution in [3.05, 3.63) is 44.3 Å². The fourth-order valence-electron chi connectivity index (χ4n) is 3.62. The lowest BCUT2D eigenvalue weighted by atomic mass is 9.99. The molecule has 26 heavy (non-hydrogen) atoms. The highest BCUT2D eigenvalue weighted by Gasteiger charge is 2.40. The Kier molecular flexibility index (Phi) is 5.35. The lowest BCUT2D eigenvalue weighted by Gasteiger charge is -2.37. The Labute approximate surface area is 165 Å². The van der Waals surface area contributed by atoms with Crippen molar-refractivity contribution in [2.45, 2.75) is 24.9 Å². The summed E-state index contributed by atoms with van der Waals surface area (Å²) >= 11 is 5.22. The molecule has 0 bridgehead atoms. The maximum absolute atomic E-state index is 12.7. The van der Waals surface area contributed by atoms with Crippen LogP contribution in [0.4, 0.5) is 4.79 Å². The van der Waals surface area contributed by atoms with Crippen molar-refractivity contribution in [1.29, 1.82) is 0 Å². The Balaban J connectivity index is 1.55. The summed E-state index contributed by atoms with van der Waals surface area (Å²) in [6.45, 7) is 1.20. The summed E-state index contributed by atoms with van der Waals surface area (Å²) in [7, 11) is 0. The standard InChI is InChI=1S/C18H21N3O2S3/c1-24-9-6-13-17(22)21(18(23)19-13)11-20-7-4-14-12(5-10-26-14)16(20)15-3-2-8-25-15/h2-3,5,8,10,13,16H,4,6-7,9,11H2,1H3,(H,19,23)/t13-,16+/m0/s1. The Morgan fingerprint density at radius 1 is 1.27 bits per heavy atom. The maximum atomic E-state index is 12.7. The number of urea groups is 1. The predicted octanol–water partition coefficient (Wildman–Crippen LogP) is 3.39. The molecule has 138 valence electrons. The van der Waals surface area contributed by atoms with E-state index in [4.69, 9.17) is 0 Å². The SMILES string of the molecule is CSCC[C@@H]1NC(=O)N(CN2CCc3sccc3[C@@H]2c2cccs2)C1=O. The second kappa shape index (κ2) is 7.72. The van der Waals surface area contributed by atoms with Crippen LogP contribution in [0, 0.1) is 0 Å². The van der Waals surface area contributed by atoms with Gasteiger partial charge in [0.1, 0.15) is 6.04 Å². The van der Waals surface area contributed by atoms with E-state index in [-0.39, 0.29) is 24.0 Å². The molecule has 3 amide bonds. The molecule has 1 N–H and O–H groups in total. The van der Waals surface area contributed by atoms with E-state index in [9.17, 15) is 9.59 Å². The van der Waals surface area contributed by atoms with Crippen LogP contribution in [0.1, 0.15) is 27.8 Å². The summed E-state index contributed by atoms with van der Waals surface area (Å²) in [5.74, 6) is 0.773. The number of fused-ring (bicyclic) bond motifs is 1. The minimum atomic E-state index is -0.378. The van der Waals surface area contributed by atoms with Crippen molar-refractivity contribution in [1.82, 2.24) is 15.1 Å². The number of carbonyl (C=O) groups excluding carboxylic acids is 2. The van der Waals surface area contributed by atoms with E-state index in [1.807, 2.05) is 6.26 Å². The first-order chi connectivity index (χ1) is 12.7. The Bertz CT molecular complexity index is 789. The zero-order valence-electron chi connectivity index (χ0n) is 14.5. The summed E-state index contributed by atoms with van der Waals surface area (Å²) in [6, 6.07) is 5.87. The highest BCUT2D eigenvalue weighted by molar-refractivity contribution is 7.98. The third-order valence-corrected chi connectivity index (χ3v) is 7.48. The number of hydrogen-bond donors (Lipinski definition) is 1. The van der Waals surface area contributed by atoms with E-state index in [0.29, 0.717) is 13.1 Å². The normalized spacial score (nSPS) is 23.3. The van der Waals surface area contributed by atoms with Gasteiger partial charge in [0, 0.05) is 16.3 Å². The summed E-state index contributed by atoms with van der Waals surface area (Å²) in [5.41, 5.74) is 1.31. The topological polar surface area (TPSA) is 52.7 Å². The molecule has 2 aliphatic rings. The summed E-state index contributed by atoms with van der Waals surface area (Å²) in [5, 5.41) is 7.07. The fourth-order valence-corrected chi connectivity index (χ4v) is 5.88. The number of hydrogen-bond acceptors (Lipinski definition) is 6. The van der Waals surface area contributed by atoms with Gasteiger partial charge in [0.2, 0.25) is 0 Å². The van der Waals surface area contributed by atoms with Crippen molar-refractivity contribution < 1.29 is 9.59 Å². The van der Waals surface area contributed by atoms with Crippen LogP contribution in [0.15, 0.2) is 29.0 Å². The number of nitrogens with zero attached hydrogens (tertiary/aromatic N) is 2. The molecular formula is C18H21N3O2S3. The first-order valence-corrected chi connectivity index (χ1v) is 11.8. The second-order valence-electron chi connectivity index (χ2n) is 6.47. The van der Waals surface area contributed by atoms with Crippen LogP contribution in [-0.4, -0.2) is 53.0 Å². The number of nitrogens with one attached hydrogen (secondary N) is 1. The zero-order valence-corrected chi connectivity index (χ0v) is 17.0. The van der Waals surface area contributed by atoms with Gasteiger partial charge in [-0.1, -0.05) is 6.07 Å². The van der Waals surface area contributed by atoms with E-state index >= 15 is 0 Å². The zero-order chi connectivity index (χ0) is 18.1. The number of rotatable bonds is 6. The first kappa shape index (κ1) is 18.0. The van der Waals surface area contributed by atoms with Gasteiger partial charge < -0.3 is 5.32 Å². The average Bonchev–Trinajstić information content (AvgIpc) is 3.37. The van der Waals surface area contributed by atoms with Crippen LogP contribution < -0.4 is 5.32 Å².